The van der Waals surface area contributed by atoms with Crippen LogP contribution in [0.15, 0.2) is 22.7 Å². The quantitative estimate of drug-likeness (QED) is 0.618. The van der Waals surface area contributed by atoms with Crippen molar-refractivity contribution in [3.8, 4) is 0 Å². The molecule has 0 aromatic heterocycles. The first-order valence-corrected chi connectivity index (χ1v) is 4.43. The summed E-state index contributed by atoms with van der Waals surface area (Å²) in [5.74, 6) is 0. The molecule has 46 valence electrons. The van der Waals surface area contributed by atoms with Crippen LogP contribution in [0.4, 0.5) is 0 Å². The molecule has 0 amide bonds. The van der Waals surface area contributed by atoms with Gasteiger partial charge in [-0.1, -0.05) is 44.0 Å². The summed E-state index contributed by atoms with van der Waals surface area (Å²) in [6.07, 6.45) is 0. The van der Waals surface area contributed by atoms with Gasteiger partial charge >= 0.3 is 0 Å². The molecule has 1 aromatic rings. The molecule has 0 aliphatic heterocycles. The zero-order chi connectivity index (χ0) is 6.43. The molecule has 1 atom stereocenters. The summed E-state index contributed by atoms with van der Waals surface area (Å²) in [5.41, 5.74) is 2.75. The maximum absolute atomic E-state index is 3.54. The van der Waals surface area contributed by atoms with Crippen molar-refractivity contribution in [2.24, 2.45) is 0 Å². The van der Waals surface area contributed by atoms with Crippen molar-refractivity contribution in [3.63, 3.8) is 0 Å². The van der Waals surface area contributed by atoms with E-state index in [0.29, 0.717) is 4.83 Å². The van der Waals surface area contributed by atoms with Crippen molar-refractivity contribution in [2.45, 2.75) is 4.83 Å². The van der Waals surface area contributed by atoms with E-state index in [1.807, 2.05) is 0 Å². The molecule has 3 rings (SSSR count). The van der Waals surface area contributed by atoms with E-state index >= 15 is 0 Å². The monoisotopic (exact) mass is 246 g/mol. The fourth-order valence-corrected chi connectivity index (χ4v) is 2.44. The molecule has 0 saturated heterocycles. The summed E-state index contributed by atoms with van der Waals surface area (Å²) >= 11 is 6.99. The summed E-state index contributed by atoms with van der Waals surface area (Å²) in [7, 11) is 0. The molecule has 0 N–H and O–H groups in total. The average molecular weight is 248 g/mol. The largest absolute Gasteiger partial charge is 0.0786 e. The molecule has 0 saturated carbocycles. The number of alkyl halides is 1. The van der Waals surface area contributed by atoms with Crippen molar-refractivity contribution in [1.82, 2.24) is 0 Å². The lowest BCUT2D eigenvalue weighted by molar-refractivity contribution is 1.06. The first-order valence-electron chi connectivity index (χ1n) is 2.72. The maximum Gasteiger partial charge on any atom is 0.0655 e. The third-order valence-corrected chi connectivity index (χ3v) is 3.33. The third kappa shape index (κ3) is 0.696. The van der Waals surface area contributed by atoms with E-state index in [-0.39, 0.29) is 0 Å². The van der Waals surface area contributed by atoms with E-state index in [9.17, 15) is 0 Å². The lowest BCUT2D eigenvalue weighted by Gasteiger charge is -2.22. The van der Waals surface area contributed by atoms with Crippen LogP contribution in [-0.2, 0) is 0 Å². The number of benzene rings is 1. The Kier molecular flexibility index (Phi) is 1.21. The second kappa shape index (κ2) is 1.83. The predicted molar refractivity (Wildman–Crippen MR) is 44.9 cm³/mol. The highest BCUT2D eigenvalue weighted by molar-refractivity contribution is 9.11. The number of hydrogen-bond donors (Lipinski definition) is 0. The van der Waals surface area contributed by atoms with E-state index in [1.165, 1.54) is 15.6 Å². The Labute approximate surface area is 70.5 Å². The normalized spacial score (nSPS) is 21.3. The predicted octanol–water partition coefficient (Wildman–Crippen LogP) is 3.25. The minimum absolute atomic E-state index is 0.497. The molecule has 0 nitrogen and oxygen atoms in total. The van der Waals surface area contributed by atoms with E-state index in [1.54, 1.807) is 0 Å². The standard InChI is InChI=1S/C7H4Br2/c8-6-2-1-4-3-5(6)7(4)9/h1-3,7H. The molecule has 1 aromatic carbocycles. The van der Waals surface area contributed by atoms with Crippen LogP contribution in [0, 0.1) is 0 Å². The Bertz CT molecular complexity index is 251. The van der Waals surface area contributed by atoms with E-state index in [0.717, 1.165) is 0 Å². The number of fused-ring (bicyclic) bond motifs is 2. The molecule has 2 bridgehead atoms. The van der Waals surface area contributed by atoms with Gasteiger partial charge in [-0.05, 0) is 17.2 Å². The molecule has 0 fully saturated rings. The summed E-state index contributed by atoms with van der Waals surface area (Å²) < 4.78 is 1.21. The van der Waals surface area contributed by atoms with Crippen LogP contribution in [-0.4, -0.2) is 0 Å². The van der Waals surface area contributed by atoms with Crippen LogP contribution in [0.2, 0.25) is 0 Å². The molecule has 0 spiro atoms. The van der Waals surface area contributed by atoms with Crippen LogP contribution in [0.5, 0.6) is 0 Å². The second-order valence-electron chi connectivity index (χ2n) is 2.14. The number of hydrogen-bond acceptors (Lipinski definition) is 0. The number of rotatable bonds is 0. The smallest absolute Gasteiger partial charge is 0.0655 e. The number of halogens is 2. The minimum Gasteiger partial charge on any atom is -0.0786 e. The SMILES string of the molecule is Brc1ccc2cc1C2Br. The molecule has 2 aliphatic carbocycles. The topological polar surface area (TPSA) is 0 Å². The third-order valence-electron chi connectivity index (χ3n) is 1.59. The molecule has 0 heterocycles. The van der Waals surface area contributed by atoms with Crippen LogP contribution < -0.4 is 0 Å². The Morgan fingerprint density at radius 1 is 1.33 bits per heavy atom. The maximum atomic E-state index is 3.54. The van der Waals surface area contributed by atoms with Gasteiger partial charge in [0.1, 0.15) is 0 Å². The van der Waals surface area contributed by atoms with Gasteiger partial charge in [0.25, 0.3) is 0 Å². The fourth-order valence-electron chi connectivity index (χ4n) is 0.997. The highest BCUT2D eigenvalue weighted by atomic mass is 79.9. The van der Waals surface area contributed by atoms with E-state index < -0.39 is 0 Å². The molecule has 2 heteroatoms. The lowest BCUT2D eigenvalue weighted by Crippen LogP contribution is -2.04. The highest BCUT2D eigenvalue weighted by Crippen LogP contribution is 2.44. The average Bonchev–Trinajstić information content (AvgIpc) is 1.86. The Morgan fingerprint density at radius 3 is 2.44 bits per heavy atom. The molecule has 2 aliphatic rings. The van der Waals surface area contributed by atoms with Crippen molar-refractivity contribution in [1.29, 1.82) is 0 Å². The molecule has 1 unspecified atom stereocenters. The Hall–Kier alpha value is 0.180. The van der Waals surface area contributed by atoms with Gasteiger partial charge in [0.05, 0.1) is 4.83 Å². The first-order chi connectivity index (χ1) is 4.29. The summed E-state index contributed by atoms with van der Waals surface area (Å²) in [5, 5.41) is 0. The van der Waals surface area contributed by atoms with E-state index in [4.69, 9.17) is 0 Å². The van der Waals surface area contributed by atoms with Crippen molar-refractivity contribution in [2.75, 3.05) is 0 Å². The van der Waals surface area contributed by atoms with Gasteiger partial charge in [-0.15, -0.1) is 0 Å². The first kappa shape index (κ1) is 5.93. The van der Waals surface area contributed by atoms with Gasteiger partial charge in [-0.2, -0.15) is 0 Å². The molecule has 0 radical (unpaired) electrons. The molecular weight excluding hydrogens is 244 g/mol. The zero-order valence-corrected chi connectivity index (χ0v) is 7.74. The van der Waals surface area contributed by atoms with Crippen LogP contribution in [0.3, 0.4) is 0 Å². The molecular formula is C7H4Br2. The Balaban J connectivity index is 2.65. The lowest BCUT2D eigenvalue weighted by atomic mass is 9.93. The van der Waals surface area contributed by atoms with Gasteiger partial charge in [-0.25, -0.2) is 0 Å². The van der Waals surface area contributed by atoms with Gasteiger partial charge < -0.3 is 0 Å². The van der Waals surface area contributed by atoms with Crippen molar-refractivity contribution >= 4 is 31.9 Å². The fraction of sp³-hybridized carbons (Fsp3) is 0.143. The van der Waals surface area contributed by atoms with Crippen molar-refractivity contribution in [3.05, 3.63) is 33.8 Å². The van der Waals surface area contributed by atoms with Gasteiger partial charge in [0.2, 0.25) is 0 Å². The zero-order valence-electron chi connectivity index (χ0n) is 4.57. The van der Waals surface area contributed by atoms with E-state index in [2.05, 4.69) is 50.1 Å². The molecule has 9 heavy (non-hydrogen) atoms. The summed E-state index contributed by atoms with van der Waals surface area (Å²) in [4.78, 5) is 0.497. The van der Waals surface area contributed by atoms with Crippen LogP contribution >= 0.6 is 31.9 Å². The van der Waals surface area contributed by atoms with Gasteiger partial charge in [0.15, 0.2) is 0 Å². The summed E-state index contributed by atoms with van der Waals surface area (Å²) in [6, 6.07) is 6.39. The van der Waals surface area contributed by atoms with Crippen molar-refractivity contribution < 1.29 is 0 Å². The van der Waals surface area contributed by atoms with Gasteiger partial charge in [0, 0.05) is 4.47 Å². The highest BCUT2D eigenvalue weighted by Gasteiger charge is 2.22. The second-order valence-corrected chi connectivity index (χ2v) is 3.91. The summed E-state index contributed by atoms with van der Waals surface area (Å²) in [6.45, 7) is 0. The van der Waals surface area contributed by atoms with Crippen LogP contribution in [0.25, 0.3) is 0 Å². The minimum atomic E-state index is 0.497. The van der Waals surface area contributed by atoms with Gasteiger partial charge in [-0.3, -0.25) is 0 Å². The van der Waals surface area contributed by atoms with Crippen LogP contribution in [0.1, 0.15) is 16.0 Å². The Morgan fingerprint density at radius 2 is 2.11 bits per heavy atom.